The third kappa shape index (κ3) is 4.23. The maximum absolute atomic E-state index is 6.14. The number of benzene rings is 2. The highest BCUT2D eigenvalue weighted by Crippen LogP contribution is 2.39. The number of nitrogens with zero attached hydrogens (tertiary/aromatic N) is 2. The lowest BCUT2D eigenvalue weighted by molar-refractivity contribution is 0.279. The van der Waals surface area contributed by atoms with E-state index in [2.05, 4.69) is 98.5 Å². The van der Waals surface area contributed by atoms with Crippen LogP contribution in [0.25, 0.3) is 21.8 Å². The van der Waals surface area contributed by atoms with E-state index in [0.29, 0.717) is 25.0 Å². The molecular weight excluding hydrogens is 434 g/mol. The van der Waals surface area contributed by atoms with Crippen LogP contribution in [0, 0.1) is 0 Å². The zero-order valence-electron chi connectivity index (χ0n) is 22.9. The predicted molar refractivity (Wildman–Crippen MR) is 146 cm³/mol. The molecule has 2 aromatic carbocycles. The quantitative estimate of drug-likeness (QED) is 0.434. The molecule has 186 valence electrons. The summed E-state index contributed by atoms with van der Waals surface area (Å²) in [6.45, 7) is 23.1. The minimum absolute atomic E-state index is 0.0195. The normalized spacial score (nSPS) is 19.6. The molecule has 0 radical (unpaired) electrons. The molecule has 0 saturated carbocycles. The van der Waals surface area contributed by atoms with Crippen molar-refractivity contribution in [3.8, 4) is 0 Å². The van der Waals surface area contributed by atoms with E-state index in [-0.39, 0.29) is 21.9 Å². The van der Waals surface area contributed by atoms with Gasteiger partial charge in [-0.15, -0.1) is 0 Å². The van der Waals surface area contributed by atoms with Crippen LogP contribution in [0.3, 0.4) is 0 Å². The summed E-state index contributed by atoms with van der Waals surface area (Å²) in [5.74, 6) is 1.43. The average Bonchev–Trinajstić information content (AvgIpc) is 3.39. The largest absolute Gasteiger partial charge is 0.475 e. The molecule has 0 bridgehead atoms. The first-order valence-electron chi connectivity index (χ1n) is 12.6. The van der Waals surface area contributed by atoms with Gasteiger partial charge >= 0.3 is 0 Å². The van der Waals surface area contributed by atoms with Gasteiger partial charge in [0, 0.05) is 10.8 Å². The van der Waals surface area contributed by atoms with E-state index in [0.717, 1.165) is 22.2 Å². The molecule has 5 rings (SSSR count). The van der Waals surface area contributed by atoms with Gasteiger partial charge in [0.25, 0.3) is 0 Å². The van der Waals surface area contributed by atoms with Crippen LogP contribution in [0.15, 0.2) is 34.3 Å². The second kappa shape index (κ2) is 7.35. The van der Waals surface area contributed by atoms with Crippen molar-refractivity contribution in [1.82, 2.24) is 4.98 Å². The van der Waals surface area contributed by atoms with Gasteiger partial charge < -0.3 is 14.5 Å². The van der Waals surface area contributed by atoms with Crippen LogP contribution in [-0.2, 0) is 20.3 Å². The lowest BCUT2D eigenvalue weighted by atomic mass is 9.83. The maximum Gasteiger partial charge on any atom is 0.218 e. The Morgan fingerprint density at radius 2 is 1.03 bits per heavy atom. The molecule has 5 nitrogen and oxygen atoms in total. The third-order valence-corrected chi connectivity index (χ3v) is 6.94. The number of fused-ring (bicyclic) bond motifs is 3. The summed E-state index contributed by atoms with van der Waals surface area (Å²) in [6.07, 6.45) is 0. The van der Waals surface area contributed by atoms with Crippen molar-refractivity contribution in [3.63, 3.8) is 0 Å². The Kier molecular flexibility index (Phi) is 5.02. The molecule has 0 unspecified atom stereocenters. The van der Waals surface area contributed by atoms with Crippen LogP contribution in [0.1, 0.15) is 91.5 Å². The zero-order chi connectivity index (χ0) is 25.6. The molecule has 0 fully saturated rings. The molecule has 0 spiro atoms. The number of rotatable bonds is 2. The summed E-state index contributed by atoms with van der Waals surface area (Å²) in [5.41, 5.74) is 6.17. The lowest BCUT2D eigenvalue weighted by Gasteiger charge is -2.21. The fraction of sp³-hybridized carbons (Fsp3) is 0.533. The SMILES string of the molecule is CC1(C)COC(c2cc(C(C)(C)C)cc3c2[nH]c2c(C4=NC(C)(C)CO4)cc(C(C)(C)C)cc23)=N1. The van der Waals surface area contributed by atoms with Crippen LogP contribution in [-0.4, -0.2) is 41.1 Å². The lowest BCUT2D eigenvalue weighted by Crippen LogP contribution is -2.17. The third-order valence-electron chi connectivity index (χ3n) is 6.94. The highest BCUT2D eigenvalue weighted by Gasteiger charge is 2.32. The highest BCUT2D eigenvalue weighted by atomic mass is 16.5. The molecule has 0 amide bonds. The molecule has 2 aliphatic rings. The van der Waals surface area contributed by atoms with E-state index in [1.807, 2.05) is 0 Å². The van der Waals surface area contributed by atoms with Crippen LogP contribution in [0.2, 0.25) is 0 Å². The first kappa shape index (κ1) is 23.9. The second-order valence-electron chi connectivity index (χ2n) is 13.6. The summed E-state index contributed by atoms with van der Waals surface area (Å²) >= 11 is 0. The van der Waals surface area contributed by atoms with E-state index in [4.69, 9.17) is 19.5 Å². The van der Waals surface area contributed by atoms with Gasteiger partial charge in [-0.1, -0.05) is 41.5 Å². The van der Waals surface area contributed by atoms with Crippen LogP contribution in [0.5, 0.6) is 0 Å². The van der Waals surface area contributed by atoms with Crippen molar-refractivity contribution in [3.05, 3.63) is 46.5 Å². The molecule has 1 N–H and O–H groups in total. The Morgan fingerprint density at radius 1 is 0.657 bits per heavy atom. The van der Waals surface area contributed by atoms with Gasteiger partial charge in [-0.25, -0.2) is 9.98 Å². The molecule has 3 heterocycles. The Labute approximate surface area is 209 Å². The van der Waals surface area contributed by atoms with Gasteiger partial charge in [0.15, 0.2) is 0 Å². The monoisotopic (exact) mass is 473 g/mol. The number of aliphatic imine (C=N–C) groups is 2. The summed E-state index contributed by atoms with van der Waals surface area (Å²) in [7, 11) is 0. The summed E-state index contributed by atoms with van der Waals surface area (Å²) in [4.78, 5) is 13.6. The fourth-order valence-corrected chi connectivity index (χ4v) is 4.75. The topological polar surface area (TPSA) is 59.0 Å². The van der Waals surface area contributed by atoms with E-state index < -0.39 is 0 Å². The number of H-pyrrole nitrogens is 1. The van der Waals surface area contributed by atoms with E-state index >= 15 is 0 Å². The van der Waals surface area contributed by atoms with E-state index in [1.165, 1.54) is 21.9 Å². The molecule has 2 aliphatic heterocycles. The standard InChI is InChI=1S/C30H39N3O2/c1-27(2,3)17-11-19-20-12-18(28(4,5)6)14-22(26-33-30(9,10)16-35-26)24(20)31-23(19)21(13-17)25-32-29(7,8)15-34-25/h11-14,31H,15-16H2,1-10H3. The number of hydrogen-bond donors (Lipinski definition) is 1. The Morgan fingerprint density at radius 3 is 1.31 bits per heavy atom. The van der Waals surface area contributed by atoms with Crippen molar-refractivity contribution >= 4 is 33.6 Å². The van der Waals surface area contributed by atoms with Gasteiger partial charge in [0.2, 0.25) is 11.8 Å². The number of aromatic nitrogens is 1. The smallest absolute Gasteiger partial charge is 0.218 e. The first-order chi connectivity index (χ1) is 16.0. The zero-order valence-corrected chi connectivity index (χ0v) is 22.9. The molecule has 1 aromatic heterocycles. The fourth-order valence-electron chi connectivity index (χ4n) is 4.75. The van der Waals surface area contributed by atoms with Gasteiger partial charge in [0.1, 0.15) is 13.2 Å². The van der Waals surface area contributed by atoms with Gasteiger partial charge in [-0.2, -0.15) is 0 Å². The van der Waals surface area contributed by atoms with E-state index in [9.17, 15) is 0 Å². The minimum Gasteiger partial charge on any atom is -0.475 e. The van der Waals surface area contributed by atoms with Gasteiger partial charge in [-0.05, 0) is 73.9 Å². The molecule has 35 heavy (non-hydrogen) atoms. The Hall–Kier alpha value is -2.82. The van der Waals surface area contributed by atoms with E-state index in [1.54, 1.807) is 0 Å². The van der Waals surface area contributed by atoms with Crippen molar-refractivity contribution < 1.29 is 9.47 Å². The number of hydrogen-bond acceptors (Lipinski definition) is 4. The maximum atomic E-state index is 6.14. The molecule has 3 aromatic rings. The van der Waals surface area contributed by atoms with Crippen LogP contribution < -0.4 is 0 Å². The molecule has 5 heteroatoms. The summed E-state index contributed by atoms with van der Waals surface area (Å²) in [5, 5.41) is 2.37. The summed E-state index contributed by atoms with van der Waals surface area (Å²) < 4.78 is 12.3. The number of aromatic amines is 1. The summed E-state index contributed by atoms with van der Waals surface area (Å²) in [6, 6.07) is 9.15. The number of nitrogens with one attached hydrogen (secondary N) is 1. The highest BCUT2D eigenvalue weighted by molar-refractivity contribution is 6.19. The van der Waals surface area contributed by atoms with Crippen LogP contribution >= 0.6 is 0 Å². The molecular formula is C30H39N3O2. The number of ether oxygens (including phenoxy) is 2. The molecule has 0 atom stereocenters. The predicted octanol–water partition coefficient (Wildman–Crippen LogP) is 7.03. The van der Waals surface area contributed by atoms with Gasteiger partial charge in [0.05, 0.1) is 33.2 Å². The Balaban J connectivity index is 1.89. The second-order valence-corrected chi connectivity index (χ2v) is 13.6. The van der Waals surface area contributed by atoms with Crippen molar-refractivity contribution in [1.29, 1.82) is 0 Å². The van der Waals surface area contributed by atoms with Crippen molar-refractivity contribution in [2.45, 2.75) is 91.1 Å². The minimum atomic E-state index is -0.228. The Bertz CT molecular complexity index is 1300. The van der Waals surface area contributed by atoms with Gasteiger partial charge in [-0.3, -0.25) is 0 Å². The van der Waals surface area contributed by atoms with Crippen molar-refractivity contribution in [2.24, 2.45) is 9.98 Å². The van der Waals surface area contributed by atoms with Crippen molar-refractivity contribution in [2.75, 3.05) is 13.2 Å². The molecule has 0 saturated heterocycles. The van der Waals surface area contributed by atoms with Crippen LogP contribution in [0.4, 0.5) is 0 Å². The molecule has 0 aliphatic carbocycles. The average molecular weight is 474 g/mol. The first-order valence-corrected chi connectivity index (χ1v) is 12.6.